The largest absolute Gasteiger partial charge is 0.339 e. The Bertz CT molecular complexity index is 504. The first-order valence-electron chi connectivity index (χ1n) is 7.92. The van der Waals surface area contributed by atoms with Gasteiger partial charge in [-0.2, -0.15) is 0 Å². The minimum absolute atomic E-state index is 0. The predicted octanol–water partition coefficient (Wildman–Crippen LogP) is 1.49. The van der Waals surface area contributed by atoms with Gasteiger partial charge in [0.25, 0.3) is 0 Å². The second-order valence-electron chi connectivity index (χ2n) is 5.70. The van der Waals surface area contributed by atoms with Gasteiger partial charge in [-0.25, -0.2) is 0 Å². The van der Waals surface area contributed by atoms with Crippen molar-refractivity contribution in [2.45, 2.75) is 19.3 Å². The van der Waals surface area contributed by atoms with Crippen LogP contribution in [0.5, 0.6) is 0 Å². The minimum Gasteiger partial charge on any atom is -0.339 e. The summed E-state index contributed by atoms with van der Waals surface area (Å²) in [7, 11) is 1.72. The van der Waals surface area contributed by atoms with Crippen LogP contribution in [0, 0.1) is 0 Å². The second kappa shape index (κ2) is 9.53. The molecule has 1 aromatic rings. The molecule has 1 unspecified atom stereocenters. The number of nitrogens with one attached hydrogen (secondary N) is 1. The Balaban J connectivity index is 0.00000264. The molecule has 6 heteroatoms. The molecule has 0 radical (unpaired) electrons. The summed E-state index contributed by atoms with van der Waals surface area (Å²) in [6.07, 6.45) is 0.731. The predicted molar refractivity (Wildman–Crippen MR) is 93.8 cm³/mol. The third-order valence-corrected chi connectivity index (χ3v) is 4.13. The maximum atomic E-state index is 12.6. The highest BCUT2D eigenvalue weighted by molar-refractivity contribution is 5.88. The van der Waals surface area contributed by atoms with Crippen LogP contribution in [-0.2, 0) is 9.59 Å². The molecule has 0 spiro atoms. The van der Waals surface area contributed by atoms with Crippen LogP contribution in [0.1, 0.15) is 24.8 Å². The maximum Gasteiger partial charge on any atom is 0.242 e. The average molecular weight is 340 g/mol. The highest BCUT2D eigenvalue weighted by Gasteiger charge is 2.25. The number of carbonyl (C=O) groups excluding carboxylic acids is 2. The molecule has 1 aliphatic heterocycles. The minimum atomic E-state index is -0.179. The zero-order valence-electron chi connectivity index (χ0n) is 13.8. The van der Waals surface area contributed by atoms with Gasteiger partial charge in [-0.15, -0.1) is 12.4 Å². The Labute approximate surface area is 144 Å². The number of hydrogen-bond donors (Lipinski definition) is 1. The Morgan fingerprint density at radius 3 is 2.39 bits per heavy atom. The number of likely N-dealkylation sites (N-methyl/N-ethyl adjacent to an activating group) is 1. The monoisotopic (exact) mass is 339 g/mol. The van der Waals surface area contributed by atoms with Crippen LogP contribution in [0.4, 0.5) is 0 Å². The number of piperazine rings is 1. The second-order valence-corrected chi connectivity index (χ2v) is 5.70. The molecule has 0 saturated carbocycles. The van der Waals surface area contributed by atoms with Gasteiger partial charge in [0, 0.05) is 33.2 Å². The summed E-state index contributed by atoms with van der Waals surface area (Å²) in [5.74, 6) is -0.139. The van der Waals surface area contributed by atoms with Crippen molar-refractivity contribution in [1.29, 1.82) is 0 Å². The summed E-state index contributed by atoms with van der Waals surface area (Å²) in [6.45, 7) is 5.24. The van der Waals surface area contributed by atoms with Crippen LogP contribution in [-0.4, -0.2) is 61.4 Å². The Kier molecular flexibility index (Phi) is 8.06. The quantitative estimate of drug-likeness (QED) is 0.884. The van der Waals surface area contributed by atoms with Crippen molar-refractivity contribution in [3.63, 3.8) is 0 Å². The highest BCUT2D eigenvalue weighted by atomic mass is 35.5. The molecule has 1 saturated heterocycles. The van der Waals surface area contributed by atoms with E-state index in [-0.39, 0.29) is 36.7 Å². The first-order chi connectivity index (χ1) is 10.6. The van der Waals surface area contributed by atoms with Gasteiger partial charge in [-0.05, 0) is 12.0 Å². The Morgan fingerprint density at radius 2 is 1.83 bits per heavy atom. The molecule has 1 aromatic carbocycles. The van der Waals surface area contributed by atoms with Gasteiger partial charge in [0.15, 0.2) is 0 Å². The van der Waals surface area contributed by atoms with Gasteiger partial charge >= 0.3 is 0 Å². The van der Waals surface area contributed by atoms with E-state index in [2.05, 4.69) is 5.32 Å². The van der Waals surface area contributed by atoms with E-state index in [1.165, 1.54) is 0 Å². The van der Waals surface area contributed by atoms with Gasteiger partial charge < -0.3 is 15.1 Å². The fourth-order valence-electron chi connectivity index (χ4n) is 2.80. The van der Waals surface area contributed by atoms with E-state index in [4.69, 9.17) is 0 Å². The lowest BCUT2D eigenvalue weighted by Gasteiger charge is -2.30. The summed E-state index contributed by atoms with van der Waals surface area (Å²) < 4.78 is 0. The fraction of sp³-hybridized carbons (Fsp3) is 0.529. The number of halogens is 1. The summed E-state index contributed by atoms with van der Waals surface area (Å²) >= 11 is 0. The van der Waals surface area contributed by atoms with Crippen molar-refractivity contribution < 1.29 is 9.59 Å². The van der Waals surface area contributed by atoms with E-state index in [9.17, 15) is 9.59 Å². The molecule has 128 valence electrons. The summed E-state index contributed by atoms with van der Waals surface area (Å²) in [5, 5.41) is 3.22. The van der Waals surface area contributed by atoms with Gasteiger partial charge in [-0.3, -0.25) is 9.59 Å². The normalized spacial score (nSPS) is 15.5. The van der Waals surface area contributed by atoms with Crippen LogP contribution in [0.2, 0.25) is 0 Å². The Hall–Kier alpha value is -1.59. The summed E-state index contributed by atoms with van der Waals surface area (Å²) in [6, 6.07) is 9.77. The van der Waals surface area contributed by atoms with E-state index in [1.807, 2.05) is 42.2 Å². The molecule has 0 aliphatic carbocycles. The van der Waals surface area contributed by atoms with E-state index in [0.717, 1.165) is 38.2 Å². The number of carbonyl (C=O) groups is 2. The molecule has 1 N–H and O–H groups in total. The molecule has 5 nitrogen and oxygen atoms in total. The van der Waals surface area contributed by atoms with E-state index >= 15 is 0 Å². The third-order valence-electron chi connectivity index (χ3n) is 4.13. The SMILES string of the molecule is CCC(C(=O)N(C)CC(=O)N1CCNCC1)c1ccccc1.Cl. The molecule has 1 aliphatic rings. The summed E-state index contributed by atoms with van der Waals surface area (Å²) in [4.78, 5) is 28.3. The molecule has 1 heterocycles. The number of hydrogen-bond acceptors (Lipinski definition) is 3. The van der Waals surface area contributed by atoms with Crippen LogP contribution < -0.4 is 5.32 Å². The van der Waals surface area contributed by atoms with Crippen molar-refractivity contribution in [3.8, 4) is 0 Å². The molecular weight excluding hydrogens is 314 g/mol. The maximum absolute atomic E-state index is 12.6. The van der Waals surface area contributed by atoms with E-state index < -0.39 is 0 Å². The molecular formula is C17H26ClN3O2. The molecule has 23 heavy (non-hydrogen) atoms. The fourth-order valence-corrected chi connectivity index (χ4v) is 2.80. The van der Waals surface area contributed by atoms with Crippen molar-refractivity contribution in [2.75, 3.05) is 39.8 Å². The highest BCUT2D eigenvalue weighted by Crippen LogP contribution is 2.21. The van der Waals surface area contributed by atoms with Gasteiger partial charge in [0.05, 0.1) is 12.5 Å². The van der Waals surface area contributed by atoms with Crippen molar-refractivity contribution >= 4 is 24.2 Å². The standard InChI is InChI=1S/C17H25N3O2.ClH/c1-3-15(14-7-5-4-6-8-14)17(22)19(2)13-16(21)20-11-9-18-10-12-20;/h4-8,15,18H,3,9-13H2,1-2H3;1H. The smallest absolute Gasteiger partial charge is 0.242 e. The van der Waals surface area contributed by atoms with E-state index in [1.54, 1.807) is 11.9 Å². The van der Waals surface area contributed by atoms with Crippen LogP contribution in [0.15, 0.2) is 30.3 Å². The lowest BCUT2D eigenvalue weighted by Crippen LogP contribution is -2.50. The molecule has 0 bridgehead atoms. The molecule has 0 aromatic heterocycles. The lowest BCUT2D eigenvalue weighted by molar-refractivity contribution is -0.140. The number of benzene rings is 1. The number of amides is 2. The molecule has 1 fully saturated rings. The lowest BCUT2D eigenvalue weighted by atomic mass is 9.95. The topological polar surface area (TPSA) is 52.7 Å². The number of rotatable bonds is 5. The van der Waals surface area contributed by atoms with E-state index in [0.29, 0.717) is 0 Å². The first kappa shape index (κ1) is 19.5. The van der Waals surface area contributed by atoms with Crippen molar-refractivity contribution in [1.82, 2.24) is 15.1 Å². The number of nitrogens with zero attached hydrogens (tertiary/aromatic N) is 2. The summed E-state index contributed by atoms with van der Waals surface area (Å²) in [5.41, 5.74) is 1.01. The zero-order chi connectivity index (χ0) is 15.9. The van der Waals surface area contributed by atoms with Crippen molar-refractivity contribution in [3.05, 3.63) is 35.9 Å². The molecule has 2 amide bonds. The van der Waals surface area contributed by atoms with Gasteiger partial charge in [-0.1, -0.05) is 37.3 Å². The van der Waals surface area contributed by atoms with Crippen molar-refractivity contribution in [2.24, 2.45) is 0 Å². The third kappa shape index (κ3) is 5.22. The van der Waals surface area contributed by atoms with Gasteiger partial charge in [0.2, 0.25) is 11.8 Å². The Morgan fingerprint density at radius 1 is 1.22 bits per heavy atom. The molecule has 1 atom stereocenters. The van der Waals surface area contributed by atoms with Crippen LogP contribution in [0.25, 0.3) is 0 Å². The zero-order valence-corrected chi connectivity index (χ0v) is 14.6. The first-order valence-corrected chi connectivity index (χ1v) is 7.92. The van der Waals surface area contributed by atoms with Crippen LogP contribution >= 0.6 is 12.4 Å². The molecule has 2 rings (SSSR count). The average Bonchev–Trinajstić information content (AvgIpc) is 2.57. The van der Waals surface area contributed by atoms with Crippen LogP contribution in [0.3, 0.4) is 0 Å². The van der Waals surface area contributed by atoms with Gasteiger partial charge in [0.1, 0.15) is 0 Å².